The summed E-state index contributed by atoms with van der Waals surface area (Å²) in [6, 6.07) is 9.62. The fourth-order valence-electron chi connectivity index (χ4n) is 3.97. The van der Waals surface area contributed by atoms with Crippen molar-refractivity contribution in [2.24, 2.45) is 5.73 Å². The van der Waals surface area contributed by atoms with Crippen molar-refractivity contribution in [3.63, 3.8) is 0 Å². The highest BCUT2D eigenvalue weighted by molar-refractivity contribution is 5.72. The van der Waals surface area contributed by atoms with Crippen LogP contribution >= 0.6 is 0 Å². The minimum atomic E-state index is 0.220. The Morgan fingerprint density at radius 2 is 1.81 bits per heavy atom. The van der Waals surface area contributed by atoms with Gasteiger partial charge in [0, 0.05) is 32.2 Å². The highest BCUT2D eigenvalue weighted by Gasteiger charge is 2.20. The van der Waals surface area contributed by atoms with E-state index in [2.05, 4.69) is 42.4 Å². The van der Waals surface area contributed by atoms with Gasteiger partial charge in [-0.05, 0) is 63.5 Å². The summed E-state index contributed by atoms with van der Waals surface area (Å²) in [6.45, 7) is 7.02. The SMILES string of the molecule is CCNC.N[C@H]1CCN(c2ccc3nc(NC=O)cn3n2)C1.O=Cc1cccc(N2CCCCC2)n1. The molecule has 0 unspecified atom stereocenters. The summed E-state index contributed by atoms with van der Waals surface area (Å²) >= 11 is 0. The standard InChI is InChI=1S/C11H14N6O.C11H14N2O.C3H9N/c12-8-3-4-16(5-8)11-2-1-10-14-9(13-7-18)6-17(10)15-11;14-9-10-5-4-6-11(12-10)13-7-2-1-3-8-13;1-3-4-2/h1-2,6-8H,3-5,12H2,(H,13,18);4-6,9H,1-3,7-8H2;4H,3H2,1-2H3/t8-;;/m0../s1. The fraction of sp³-hybridized carbons (Fsp3) is 0.480. The Hall–Kier alpha value is -3.57. The number of anilines is 3. The normalized spacial score (nSPS) is 17.0. The molecule has 3 aromatic rings. The number of aromatic nitrogens is 4. The van der Waals surface area contributed by atoms with Crippen LogP contribution in [-0.2, 0) is 4.79 Å². The lowest BCUT2D eigenvalue weighted by atomic mass is 10.1. The van der Waals surface area contributed by atoms with Gasteiger partial charge in [-0.1, -0.05) is 13.0 Å². The smallest absolute Gasteiger partial charge is 0.212 e. The second-order valence-electron chi connectivity index (χ2n) is 8.67. The number of carbonyl (C=O) groups is 2. The molecule has 11 heteroatoms. The average Bonchev–Trinajstić information content (AvgIpc) is 3.55. The first-order valence-electron chi connectivity index (χ1n) is 12.5. The third-order valence-corrected chi connectivity index (χ3v) is 5.97. The van der Waals surface area contributed by atoms with Crippen LogP contribution in [0.2, 0.25) is 0 Å². The molecule has 2 aliphatic heterocycles. The van der Waals surface area contributed by atoms with E-state index >= 15 is 0 Å². The highest BCUT2D eigenvalue weighted by Crippen LogP contribution is 2.19. The first kappa shape index (κ1) is 27.0. The highest BCUT2D eigenvalue weighted by atomic mass is 16.1. The number of nitrogens with zero attached hydrogens (tertiary/aromatic N) is 6. The van der Waals surface area contributed by atoms with Crippen LogP contribution in [0.5, 0.6) is 0 Å². The Labute approximate surface area is 212 Å². The average molecular weight is 496 g/mol. The number of rotatable bonds is 6. The van der Waals surface area contributed by atoms with Crippen molar-refractivity contribution < 1.29 is 9.59 Å². The molecule has 2 aliphatic rings. The van der Waals surface area contributed by atoms with Crippen LogP contribution in [0.4, 0.5) is 17.5 Å². The number of pyridine rings is 1. The number of nitrogens with one attached hydrogen (secondary N) is 2. The number of piperidine rings is 1. The Balaban J connectivity index is 0.000000179. The molecule has 4 N–H and O–H groups in total. The lowest BCUT2D eigenvalue weighted by molar-refractivity contribution is -0.105. The molecule has 0 aliphatic carbocycles. The number of hydrogen-bond donors (Lipinski definition) is 3. The first-order valence-corrected chi connectivity index (χ1v) is 12.5. The number of aldehydes is 1. The zero-order chi connectivity index (χ0) is 25.8. The summed E-state index contributed by atoms with van der Waals surface area (Å²) in [6.07, 6.45) is 7.84. The molecule has 0 radical (unpaired) electrons. The van der Waals surface area contributed by atoms with Gasteiger partial charge >= 0.3 is 0 Å². The molecule has 0 bridgehead atoms. The van der Waals surface area contributed by atoms with Gasteiger partial charge in [-0.2, -0.15) is 0 Å². The summed E-state index contributed by atoms with van der Waals surface area (Å²) in [5.41, 5.74) is 7.10. The van der Waals surface area contributed by atoms with E-state index < -0.39 is 0 Å². The second kappa shape index (κ2) is 14.1. The second-order valence-corrected chi connectivity index (χ2v) is 8.67. The maximum atomic E-state index is 10.6. The predicted molar refractivity (Wildman–Crippen MR) is 143 cm³/mol. The van der Waals surface area contributed by atoms with Crippen molar-refractivity contribution in [3.05, 3.63) is 42.2 Å². The van der Waals surface area contributed by atoms with Gasteiger partial charge in [0.25, 0.3) is 0 Å². The lowest BCUT2D eigenvalue weighted by Crippen LogP contribution is -2.30. The van der Waals surface area contributed by atoms with Crippen LogP contribution in [0.1, 0.15) is 43.1 Å². The van der Waals surface area contributed by atoms with Crippen molar-refractivity contribution in [2.75, 3.05) is 54.9 Å². The lowest BCUT2D eigenvalue weighted by Gasteiger charge is -2.27. The van der Waals surface area contributed by atoms with E-state index in [1.165, 1.54) is 19.3 Å². The van der Waals surface area contributed by atoms with Gasteiger partial charge in [-0.15, -0.1) is 5.10 Å². The molecular formula is C25H37N9O2. The third-order valence-electron chi connectivity index (χ3n) is 5.97. The topological polar surface area (TPSA) is 134 Å². The van der Waals surface area contributed by atoms with Gasteiger partial charge in [-0.3, -0.25) is 9.59 Å². The number of amides is 1. The number of hydrogen-bond acceptors (Lipinski definition) is 9. The molecule has 1 amide bonds. The molecule has 2 saturated heterocycles. The van der Waals surface area contributed by atoms with Crippen LogP contribution in [-0.4, -0.2) is 78.1 Å². The van der Waals surface area contributed by atoms with Crippen molar-refractivity contribution in [1.29, 1.82) is 0 Å². The molecule has 36 heavy (non-hydrogen) atoms. The van der Waals surface area contributed by atoms with Crippen LogP contribution in [0.25, 0.3) is 5.65 Å². The van der Waals surface area contributed by atoms with Gasteiger partial charge in [0.05, 0.1) is 6.20 Å². The maximum absolute atomic E-state index is 10.6. The van der Waals surface area contributed by atoms with Gasteiger partial charge in [0.2, 0.25) is 6.41 Å². The van der Waals surface area contributed by atoms with Crippen LogP contribution in [0.3, 0.4) is 0 Å². The van der Waals surface area contributed by atoms with E-state index in [9.17, 15) is 9.59 Å². The van der Waals surface area contributed by atoms with E-state index in [-0.39, 0.29) is 6.04 Å². The van der Waals surface area contributed by atoms with E-state index in [0.29, 0.717) is 23.6 Å². The van der Waals surface area contributed by atoms with Gasteiger partial charge < -0.3 is 26.2 Å². The largest absolute Gasteiger partial charge is 0.357 e. The van der Waals surface area contributed by atoms with Crippen LogP contribution in [0, 0.1) is 0 Å². The van der Waals surface area contributed by atoms with Crippen LogP contribution in [0.15, 0.2) is 36.5 Å². The van der Waals surface area contributed by atoms with Crippen LogP contribution < -0.4 is 26.2 Å². The predicted octanol–water partition coefficient (Wildman–Crippen LogP) is 1.95. The molecule has 5 rings (SSSR count). The van der Waals surface area contributed by atoms with Gasteiger partial charge in [0.15, 0.2) is 17.8 Å². The van der Waals surface area contributed by atoms with E-state index in [1.54, 1.807) is 16.8 Å². The molecule has 0 saturated carbocycles. The minimum absolute atomic E-state index is 0.220. The minimum Gasteiger partial charge on any atom is -0.357 e. The van der Waals surface area contributed by atoms with Crippen molar-refractivity contribution >= 4 is 35.8 Å². The maximum Gasteiger partial charge on any atom is 0.212 e. The molecule has 11 nitrogen and oxygen atoms in total. The Morgan fingerprint density at radius 1 is 1.03 bits per heavy atom. The number of imidazole rings is 1. The quantitative estimate of drug-likeness (QED) is 0.439. The first-order chi connectivity index (χ1) is 17.6. The summed E-state index contributed by atoms with van der Waals surface area (Å²) in [4.78, 5) is 33.8. The number of carbonyl (C=O) groups excluding carboxylic acids is 2. The molecule has 1 atom stereocenters. The summed E-state index contributed by atoms with van der Waals surface area (Å²) < 4.78 is 1.66. The Bertz CT molecular complexity index is 1100. The van der Waals surface area contributed by atoms with E-state index in [0.717, 1.165) is 57.1 Å². The summed E-state index contributed by atoms with van der Waals surface area (Å²) in [5.74, 6) is 2.31. The third kappa shape index (κ3) is 7.72. The molecule has 2 fully saturated rings. The summed E-state index contributed by atoms with van der Waals surface area (Å²) in [5, 5.41) is 9.90. The van der Waals surface area contributed by atoms with Gasteiger partial charge in [0.1, 0.15) is 17.3 Å². The summed E-state index contributed by atoms with van der Waals surface area (Å²) in [7, 11) is 1.93. The Kier molecular flexibility index (Phi) is 10.6. The monoisotopic (exact) mass is 495 g/mol. The molecule has 5 heterocycles. The van der Waals surface area contributed by atoms with E-state index in [4.69, 9.17) is 5.73 Å². The molecule has 0 aromatic carbocycles. The fourth-order valence-corrected chi connectivity index (χ4v) is 3.97. The number of nitrogens with two attached hydrogens (primary N) is 1. The molecular weight excluding hydrogens is 458 g/mol. The van der Waals surface area contributed by atoms with Gasteiger partial charge in [-0.25, -0.2) is 14.5 Å². The number of fused-ring (bicyclic) bond motifs is 1. The zero-order valence-electron chi connectivity index (χ0n) is 21.1. The van der Waals surface area contributed by atoms with Crippen molar-refractivity contribution in [3.8, 4) is 0 Å². The zero-order valence-corrected chi connectivity index (χ0v) is 21.1. The molecule has 0 spiro atoms. The molecule has 3 aromatic heterocycles. The van der Waals surface area contributed by atoms with Crippen molar-refractivity contribution in [1.82, 2.24) is 24.9 Å². The Morgan fingerprint density at radius 3 is 2.44 bits per heavy atom. The van der Waals surface area contributed by atoms with Crippen molar-refractivity contribution in [2.45, 2.75) is 38.6 Å². The van der Waals surface area contributed by atoms with E-state index in [1.807, 2.05) is 31.3 Å². The molecule has 194 valence electrons.